The standard InChI is InChI=1S/C24H30N10O2/c1-32(2)16-6-4-14(5-7-16)23(36)28-18-10-8-17-9-11-19(18)34(17)24-29-22(20(21(25)35)30-31-24)27-15-12-26-33(3)13-15/h4-7,12-13,17-19H,8-11H2,1-3H3,(H2,25,35)(H,28,36)(H,27,29,31). The van der Waals surface area contributed by atoms with E-state index >= 15 is 0 Å². The summed E-state index contributed by atoms with van der Waals surface area (Å²) in [7, 11) is 5.72. The molecule has 2 amide bonds. The maximum absolute atomic E-state index is 13.0. The number of piperidine rings is 1. The first kappa shape index (κ1) is 23.5. The van der Waals surface area contributed by atoms with E-state index in [1.807, 2.05) is 43.3 Å². The molecule has 2 saturated heterocycles. The van der Waals surface area contributed by atoms with E-state index in [0.717, 1.165) is 31.4 Å². The minimum absolute atomic E-state index is 0.0289. The van der Waals surface area contributed by atoms with Crippen molar-refractivity contribution >= 4 is 35.0 Å². The zero-order valence-corrected chi connectivity index (χ0v) is 20.5. The second-order valence-electron chi connectivity index (χ2n) is 9.51. The highest BCUT2D eigenvalue weighted by Crippen LogP contribution is 2.38. The van der Waals surface area contributed by atoms with E-state index in [9.17, 15) is 9.59 Å². The number of nitrogens with two attached hydrogens (primary N) is 1. The van der Waals surface area contributed by atoms with Crippen LogP contribution in [0, 0.1) is 0 Å². The van der Waals surface area contributed by atoms with Gasteiger partial charge in [-0.25, -0.2) is 0 Å². The molecule has 188 valence electrons. The van der Waals surface area contributed by atoms with Crippen molar-refractivity contribution < 1.29 is 9.59 Å². The summed E-state index contributed by atoms with van der Waals surface area (Å²) in [5.41, 5.74) is 7.79. The molecule has 0 radical (unpaired) electrons. The van der Waals surface area contributed by atoms with Crippen LogP contribution in [0.5, 0.6) is 0 Å². The molecule has 2 fully saturated rings. The molecule has 36 heavy (non-hydrogen) atoms. The van der Waals surface area contributed by atoms with Crippen molar-refractivity contribution in [3.63, 3.8) is 0 Å². The van der Waals surface area contributed by atoms with Gasteiger partial charge >= 0.3 is 0 Å². The topological polar surface area (TPSA) is 147 Å². The number of carbonyl (C=O) groups excluding carboxylic acids is 2. The molecule has 3 atom stereocenters. The molecule has 4 heterocycles. The lowest BCUT2D eigenvalue weighted by molar-refractivity contribution is 0.0923. The van der Waals surface area contributed by atoms with Gasteiger partial charge in [0.05, 0.1) is 17.9 Å². The van der Waals surface area contributed by atoms with Crippen molar-refractivity contribution in [3.05, 3.63) is 47.9 Å². The number of hydrogen-bond donors (Lipinski definition) is 3. The van der Waals surface area contributed by atoms with Gasteiger partial charge in [0, 0.05) is 50.7 Å². The SMILES string of the molecule is CN(C)c1ccc(C(=O)NC2CCC3CCC2N3c2nnc(C(N)=O)c(Nc3cnn(C)c3)n2)cc1. The first-order chi connectivity index (χ1) is 17.3. The summed E-state index contributed by atoms with van der Waals surface area (Å²) in [4.78, 5) is 33.8. The Morgan fingerprint density at radius 2 is 1.83 bits per heavy atom. The van der Waals surface area contributed by atoms with Crippen molar-refractivity contribution in [3.8, 4) is 0 Å². The fourth-order valence-electron chi connectivity index (χ4n) is 5.10. The van der Waals surface area contributed by atoms with E-state index in [0.29, 0.717) is 17.2 Å². The number of aryl methyl sites for hydroxylation is 1. The van der Waals surface area contributed by atoms with E-state index in [4.69, 9.17) is 5.73 Å². The Morgan fingerprint density at radius 3 is 2.50 bits per heavy atom. The van der Waals surface area contributed by atoms with Crippen LogP contribution in [0.25, 0.3) is 0 Å². The third kappa shape index (κ3) is 4.53. The number of fused-ring (bicyclic) bond motifs is 2. The molecule has 3 unspecified atom stereocenters. The summed E-state index contributed by atoms with van der Waals surface area (Å²) in [5, 5.41) is 18.8. The van der Waals surface area contributed by atoms with Gasteiger partial charge in [-0.05, 0) is 49.9 Å². The Balaban J connectivity index is 1.37. The Morgan fingerprint density at radius 1 is 1.08 bits per heavy atom. The number of anilines is 4. The third-order valence-corrected chi connectivity index (χ3v) is 6.89. The molecule has 5 rings (SSSR count). The van der Waals surface area contributed by atoms with Crippen LogP contribution < -0.4 is 26.2 Å². The van der Waals surface area contributed by atoms with Crippen molar-refractivity contribution in [2.45, 2.75) is 43.8 Å². The van der Waals surface area contributed by atoms with Crippen molar-refractivity contribution in [1.82, 2.24) is 30.3 Å². The molecule has 0 saturated carbocycles. The minimum atomic E-state index is -0.722. The van der Waals surface area contributed by atoms with E-state index in [-0.39, 0.29) is 35.5 Å². The van der Waals surface area contributed by atoms with E-state index in [1.165, 1.54) is 0 Å². The lowest BCUT2D eigenvalue weighted by Crippen LogP contribution is -2.55. The van der Waals surface area contributed by atoms with Crippen LogP contribution in [0.2, 0.25) is 0 Å². The molecule has 2 aromatic heterocycles. The average molecular weight is 491 g/mol. The number of aromatic nitrogens is 5. The average Bonchev–Trinajstić information content (AvgIpc) is 3.41. The molecule has 4 N–H and O–H groups in total. The third-order valence-electron chi connectivity index (χ3n) is 6.89. The van der Waals surface area contributed by atoms with Crippen molar-refractivity contribution in [2.75, 3.05) is 29.2 Å². The lowest BCUT2D eigenvalue weighted by atomic mass is 9.97. The van der Waals surface area contributed by atoms with Crippen LogP contribution in [0.4, 0.5) is 23.1 Å². The number of amides is 2. The summed E-state index contributed by atoms with van der Waals surface area (Å²) >= 11 is 0. The quantitative estimate of drug-likeness (QED) is 0.447. The molecule has 3 aromatic rings. The predicted octanol–water partition coefficient (Wildman–Crippen LogP) is 1.44. The Labute approximate surface area is 208 Å². The molecule has 0 spiro atoms. The molecule has 2 aliphatic heterocycles. The van der Waals surface area contributed by atoms with Gasteiger partial charge in [-0.3, -0.25) is 14.3 Å². The second kappa shape index (κ2) is 9.44. The monoisotopic (exact) mass is 490 g/mol. The van der Waals surface area contributed by atoms with Gasteiger partial charge in [0.25, 0.3) is 11.8 Å². The number of hydrogen-bond acceptors (Lipinski definition) is 9. The summed E-state index contributed by atoms with van der Waals surface area (Å²) in [6.07, 6.45) is 7.03. The number of nitrogens with one attached hydrogen (secondary N) is 2. The van der Waals surface area contributed by atoms with Crippen LogP contribution in [-0.4, -0.2) is 69.0 Å². The normalized spacial score (nSPS) is 20.8. The maximum Gasteiger partial charge on any atom is 0.273 e. The van der Waals surface area contributed by atoms with Crippen LogP contribution >= 0.6 is 0 Å². The fraction of sp³-hybridized carbons (Fsp3) is 0.417. The van der Waals surface area contributed by atoms with Crippen LogP contribution in [-0.2, 0) is 7.05 Å². The highest BCUT2D eigenvalue weighted by molar-refractivity contribution is 5.96. The van der Waals surface area contributed by atoms with E-state index in [1.54, 1.807) is 24.1 Å². The van der Waals surface area contributed by atoms with Crippen molar-refractivity contribution in [2.24, 2.45) is 12.8 Å². The maximum atomic E-state index is 13.0. The molecular formula is C24H30N10O2. The van der Waals surface area contributed by atoms with Crippen molar-refractivity contribution in [1.29, 1.82) is 0 Å². The van der Waals surface area contributed by atoms with Gasteiger partial charge in [-0.2, -0.15) is 10.1 Å². The number of carbonyl (C=O) groups is 2. The Hall–Kier alpha value is -4.22. The zero-order chi connectivity index (χ0) is 25.4. The molecule has 12 heteroatoms. The van der Waals surface area contributed by atoms with Crippen LogP contribution in [0.15, 0.2) is 36.7 Å². The largest absolute Gasteiger partial charge is 0.378 e. The minimum Gasteiger partial charge on any atom is -0.378 e. The van der Waals surface area contributed by atoms with Gasteiger partial charge in [-0.1, -0.05) is 0 Å². The smallest absolute Gasteiger partial charge is 0.273 e. The second-order valence-corrected chi connectivity index (χ2v) is 9.51. The molecule has 2 bridgehead atoms. The molecule has 12 nitrogen and oxygen atoms in total. The van der Waals surface area contributed by atoms with E-state index in [2.05, 4.69) is 35.8 Å². The molecule has 0 aliphatic carbocycles. The fourth-order valence-corrected chi connectivity index (χ4v) is 5.10. The van der Waals surface area contributed by atoms with Gasteiger partial charge in [-0.15, -0.1) is 10.2 Å². The Bertz CT molecular complexity index is 1270. The summed E-state index contributed by atoms with van der Waals surface area (Å²) < 4.78 is 1.63. The summed E-state index contributed by atoms with van der Waals surface area (Å²) in [6.45, 7) is 0. The van der Waals surface area contributed by atoms with Gasteiger partial charge in [0.2, 0.25) is 5.95 Å². The number of nitrogens with zero attached hydrogens (tertiary/aromatic N) is 7. The van der Waals surface area contributed by atoms with Crippen LogP contribution in [0.1, 0.15) is 46.5 Å². The van der Waals surface area contributed by atoms with Gasteiger partial charge in [0.15, 0.2) is 11.5 Å². The predicted molar refractivity (Wildman–Crippen MR) is 135 cm³/mol. The van der Waals surface area contributed by atoms with Gasteiger partial charge in [0.1, 0.15) is 0 Å². The number of primary amides is 1. The first-order valence-corrected chi connectivity index (χ1v) is 12.0. The zero-order valence-electron chi connectivity index (χ0n) is 20.5. The Kier molecular flexibility index (Phi) is 6.17. The molecule has 2 aliphatic rings. The van der Waals surface area contributed by atoms with E-state index < -0.39 is 5.91 Å². The highest BCUT2D eigenvalue weighted by Gasteiger charge is 2.44. The first-order valence-electron chi connectivity index (χ1n) is 12.0. The van der Waals surface area contributed by atoms with Gasteiger partial charge < -0.3 is 26.2 Å². The summed E-state index contributed by atoms with van der Waals surface area (Å²) in [5.74, 6) is -0.183. The van der Waals surface area contributed by atoms with Crippen LogP contribution in [0.3, 0.4) is 0 Å². The molecule has 1 aromatic carbocycles. The number of rotatable bonds is 7. The number of benzene rings is 1. The highest BCUT2D eigenvalue weighted by atomic mass is 16.2. The summed E-state index contributed by atoms with van der Waals surface area (Å²) in [6, 6.07) is 7.77. The molecular weight excluding hydrogens is 460 g/mol. The lowest BCUT2D eigenvalue weighted by Gasteiger charge is -2.40.